The van der Waals surface area contributed by atoms with Gasteiger partial charge in [-0.3, -0.25) is 5.32 Å². The van der Waals surface area contributed by atoms with Crippen LogP contribution in [0.1, 0.15) is 42.5 Å². The normalized spacial score (nSPS) is 17.2. The van der Waals surface area contributed by atoms with Crippen molar-refractivity contribution < 1.29 is 14.7 Å². The van der Waals surface area contributed by atoms with Crippen LogP contribution in [0, 0.1) is 0 Å². The van der Waals surface area contributed by atoms with Crippen LogP contribution in [0.25, 0.3) is 0 Å². The standard InChI is InChI=1S/C14H20N2O3S2/c1-20-14(6-3-2-4-7-14)9-15-13(19)16-11-10(12(17)18)5-8-21-11/h5,8H,2-4,6-7,9H2,1H3,(H,17,18)(H2,15,16,19). The molecule has 0 spiro atoms. The van der Waals surface area contributed by atoms with E-state index < -0.39 is 5.97 Å². The van der Waals surface area contributed by atoms with Crippen molar-refractivity contribution in [3.8, 4) is 0 Å². The lowest BCUT2D eigenvalue weighted by Gasteiger charge is -2.35. The molecule has 1 heterocycles. The van der Waals surface area contributed by atoms with E-state index in [1.54, 1.807) is 5.38 Å². The Kier molecular flexibility index (Phi) is 5.52. The molecule has 0 bridgehead atoms. The zero-order chi connectivity index (χ0) is 15.3. The summed E-state index contributed by atoms with van der Waals surface area (Å²) in [6.07, 6.45) is 8.01. The Labute approximate surface area is 132 Å². The lowest BCUT2D eigenvalue weighted by Crippen LogP contribution is -2.43. The van der Waals surface area contributed by atoms with E-state index >= 15 is 0 Å². The Morgan fingerprint density at radius 1 is 1.38 bits per heavy atom. The number of carboxylic acids is 1. The van der Waals surface area contributed by atoms with E-state index in [9.17, 15) is 9.59 Å². The molecule has 1 aromatic heterocycles. The van der Waals surface area contributed by atoms with Gasteiger partial charge in [0, 0.05) is 11.3 Å². The predicted octanol–water partition coefficient (Wildman–Crippen LogP) is 3.63. The average molecular weight is 328 g/mol. The van der Waals surface area contributed by atoms with Crippen molar-refractivity contribution in [2.75, 3.05) is 18.1 Å². The molecule has 3 N–H and O–H groups in total. The predicted molar refractivity (Wildman–Crippen MR) is 87.6 cm³/mol. The Morgan fingerprint density at radius 2 is 2.10 bits per heavy atom. The fourth-order valence-corrected chi connectivity index (χ4v) is 4.30. The van der Waals surface area contributed by atoms with E-state index in [1.807, 2.05) is 11.8 Å². The number of thiophene rings is 1. The van der Waals surface area contributed by atoms with Crippen LogP contribution in [0.5, 0.6) is 0 Å². The quantitative estimate of drug-likeness (QED) is 0.771. The second-order valence-electron chi connectivity index (χ2n) is 5.22. The molecule has 0 radical (unpaired) electrons. The van der Waals surface area contributed by atoms with Crippen molar-refractivity contribution in [2.45, 2.75) is 36.9 Å². The molecule has 5 nitrogen and oxygen atoms in total. The molecule has 1 aromatic rings. The molecule has 1 fully saturated rings. The Bertz CT molecular complexity index is 510. The third-order valence-corrected chi connectivity index (χ3v) is 6.14. The molecule has 116 valence electrons. The minimum atomic E-state index is -1.03. The summed E-state index contributed by atoms with van der Waals surface area (Å²) in [7, 11) is 0. The second-order valence-corrected chi connectivity index (χ2v) is 7.41. The number of amides is 2. The summed E-state index contributed by atoms with van der Waals surface area (Å²) in [6.45, 7) is 0.619. The fourth-order valence-electron chi connectivity index (χ4n) is 2.61. The number of urea groups is 1. The summed E-state index contributed by atoms with van der Waals surface area (Å²) in [6, 6.07) is 1.16. The van der Waals surface area contributed by atoms with Crippen LogP contribution < -0.4 is 10.6 Å². The van der Waals surface area contributed by atoms with E-state index in [0.29, 0.717) is 11.5 Å². The lowest BCUT2D eigenvalue weighted by atomic mass is 9.88. The number of carbonyl (C=O) groups excluding carboxylic acids is 1. The number of carbonyl (C=O) groups is 2. The first-order valence-electron chi connectivity index (χ1n) is 6.97. The van der Waals surface area contributed by atoms with Gasteiger partial charge in [0.25, 0.3) is 0 Å². The van der Waals surface area contributed by atoms with Gasteiger partial charge < -0.3 is 10.4 Å². The summed E-state index contributed by atoms with van der Waals surface area (Å²) in [5.41, 5.74) is 0.132. The third kappa shape index (κ3) is 4.14. The number of nitrogens with one attached hydrogen (secondary N) is 2. The van der Waals surface area contributed by atoms with E-state index in [-0.39, 0.29) is 16.3 Å². The number of aromatic carboxylic acids is 1. The number of hydrogen-bond donors (Lipinski definition) is 3. The summed E-state index contributed by atoms with van der Waals surface area (Å²) in [4.78, 5) is 23.0. The molecular weight excluding hydrogens is 308 g/mol. The van der Waals surface area contributed by atoms with Crippen molar-refractivity contribution in [2.24, 2.45) is 0 Å². The molecule has 1 aliphatic rings. The van der Waals surface area contributed by atoms with Gasteiger partial charge in [-0.1, -0.05) is 19.3 Å². The van der Waals surface area contributed by atoms with Crippen molar-refractivity contribution in [3.05, 3.63) is 17.0 Å². The Hall–Kier alpha value is -1.21. The highest BCUT2D eigenvalue weighted by molar-refractivity contribution is 8.00. The monoisotopic (exact) mass is 328 g/mol. The van der Waals surface area contributed by atoms with Gasteiger partial charge in [-0.15, -0.1) is 11.3 Å². The van der Waals surface area contributed by atoms with E-state index in [0.717, 1.165) is 12.8 Å². The number of rotatable bonds is 5. The summed E-state index contributed by atoms with van der Waals surface area (Å²) < 4.78 is 0.126. The zero-order valence-corrected chi connectivity index (χ0v) is 13.6. The van der Waals surface area contributed by atoms with E-state index in [1.165, 1.54) is 36.7 Å². The Balaban J connectivity index is 1.89. The minimum absolute atomic E-state index is 0.126. The van der Waals surface area contributed by atoms with Crippen molar-refractivity contribution in [3.63, 3.8) is 0 Å². The maximum atomic E-state index is 12.0. The second kappa shape index (κ2) is 7.17. The summed E-state index contributed by atoms with van der Waals surface area (Å²) in [5, 5.41) is 16.6. The van der Waals surface area contributed by atoms with Crippen molar-refractivity contribution in [1.29, 1.82) is 0 Å². The molecule has 0 saturated heterocycles. The first-order chi connectivity index (χ1) is 10.1. The maximum Gasteiger partial charge on any atom is 0.338 e. The third-order valence-electron chi connectivity index (χ3n) is 3.89. The van der Waals surface area contributed by atoms with Crippen molar-refractivity contribution in [1.82, 2.24) is 5.32 Å². The first kappa shape index (κ1) is 16.2. The maximum absolute atomic E-state index is 12.0. The van der Waals surface area contributed by atoms with Crippen LogP contribution >= 0.6 is 23.1 Å². The average Bonchev–Trinajstić information content (AvgIpc) is 2.94. The number of thioether (sulfide) groups is 1. The summed E-state index contributed by atoms with van der Waals surface area (Å²) >= 11 is 3.03. The molecule has 1 aliphatic carbocycles. The van der Waals surface area contributed by atoms with Crippen LogP contribution in [0.4, 0.5) is 9.80 Å². The molecule has 0 unspecified atom stereocenters. The smallest absolute Gasteiger partial charge is 0.338 e. The molecule has 1 saturated carbocycles. The minimum Gasteiger partial charge on any atom is -0.478 e. The number of anilines is 1. The molecule has 0 atom stereocenters. The van der Waals surface area contributed by atoms with Gasteiger partial charge in [-0.05, 0) is 30.5 Å². The number of hydrogen-bond acceptors (Lipinski definition) is 4. The molecular formula is C14H20N2O3S2. The molecule has 7 heteroatoms. The molecule has 0 aromatic carbocycles. The van der Waals surface area contributed by atoms with Gasteiger partial charge in [0.2, 0.25) is 0 Å². The molecule has 2 amide bonds. The molecule has 0 aliphatic heterocycles. The molecule has 2 rings (SSSR count). The van der Waals surface area contributed by atoms with Gasteiger partial charge >= 0.3 is 12.0 Å². The van der Waals surface area contributed by atoms with Crippen LogP contribution in [-0.2, 0) is 0 Å². The zero-order valence-electron chi connectivity index (χ0n) is 12.0. The highest BCUT2D eigenvalue weighted by atomic mass is 32.2. The fraction of sp³-hybridized carbons (Fsp3) is 0.571. The van der Waals surface area contributed by atoms with E-state index in [4.69, 9.17) is 5.11 Å². The van der Waals surface area contributed by atoms with Crippen LogP contribution in [0.2, 0.25) is 0 Å². The highest BCUT2D eigenvalue weighted by Gasteiger charge is 2.31. The van der Waals surface area contributed by atoms with Gasteiger partial charge in [-0.25, -0.2) is 9.59 Å². The highest BCUT2D eigenvalue weighted by Crippen LogP contribution is 2.38. The van der Waals surface area contributed by atoms with Crippen LogP contribution in [0.15, 0.2) is 11.4 Å². The van der Waals surface area contributed by atoms with Gasteiger partial charge in [0.05, 0.1) is 5.56 Å². The SMILES string of the molecule is CSC1(CNC(=O)Nc2sccc2C(=O)O)CCCCC1. The van der Waals surface area contributed by atoms with Gasteiger partial charge in [0.1, 0.15) is 5.00 Å². The molecule has 21 heavy (non-hydrogen) atoms. The van der Waals surface area contributed by atoms with Gasteiger partial charge in [-0.2, -0.15) is 11.8 Å². The Morgan fingerprint density at radius 3 is 2.71 bits per heavy atom. The topological polar surface area (TPSA) is 78.4 Å². The van der Waals surface area contributed by atoms with E-state index in [2.05, 4.69) is 16.9 Å². The lowest BCUT2D eigenvalue weighted by molar-refractivity contribution is 0.0698. The van der Waals surface area contributed by atoms with Crippen LogP contribution in [-0.4, -0.2) is 34.7 Å². The van der Waals surface area contributed by atoms with Crippen LogP contribution in [0.3, 0.4) is 0 Å². The largest absolute Gasteiger partial charge is 0.478 e. The first-order valence-corrected chi connectivity index (χ1v) is 9.07. The number of carboxylic acid groups (broad SMARTS) is 1. The van der Waals surface area contributed by atoms with Gasteiger partial charge in [0.15, 0.2) is 0 Å². The van der Waals surface area contributed by atoms with Crippen molar-refractivity contribution >= 4 is 40.1 Å². The summed E-state index contributed by atoms with van der Waals surface area (Å²) in [5.74, 6) is -1.03.